The van der Waals surface area contributed by atoms with Crippen molar-refractivity contribution in [3.05, 3.63) is 28.2 Å². The number of aliphatic hydroxyl groups is 1. The van der Waals surface area contributed by atoms with Gasteiger partial charge in [-0.05, 0) is 38.2 Å². The van der Waals surface area contributed by atoms with Gasteiger partial charge in [-0.15, -0.1) is 0 Å². The number of aryl methyl sites for hydroxylation is 2. The van der Waals surface area contributed by atoms with Crippen LogP contribution in [0, 0.1) is 12.8 Å². The van der Waals surface area contributed by atoms with Crippen molar-refractivity contribution in [2.45, 2.75) is 45.3 Å². The molecular weight excluding hydrogens is 204 g/mol. The van der Waals surface area contributed by atoms with Crippen molar-refractivity contribution in [1.29, 1.82) is 0 Å². The van der Waals surface area contributed by atoms with Crippen LogP contribution in [0.1, 0.15) is 31.4 Å². The molecule has 1 aliphatic rings. The van der Waals surface area contributed by atoms with E-state index in [0.717, 1.165) is 31.4 Å². The Balaban J connectivity index is 1.99. The summed E-state index contributed by atoms with van der Waals surface area (Å²) in [5.41, 5.74) is 0.796. The molecule has 2 rings (SSSR count). The Bertz CT molecular complexity index is 414. The van der Waals surface area contributed by atoms with Crippen LogP contribution in [-0.4, -0.2) is 21.0 Å². The van der Waals surface area contributed by atoms with Gasteiger partial charge in [-0.1, -0.05) is 6.42 Å². The van der Waals surface area contributed by atoms with Crippen molar-refractivity contribution < 1.29 is 5.11 Å². The molecule has 1 saturated carbocycles. The lowest BCUT2D eigenvalue weighted by molar-refractivity contribution is 0.124. The normalized spacial score (nSPS) is 24.9. The van der Waals surface area contributed by atoms with E-state index in [-0.39, 0.29) is 11.7 Å². The Kier molecular flexibility index (Phi) is 3.39. The van der Waals surface area contributed by atoms with Gasteiger partial charge in [0.15, 0.2) is 0 Å². The summed E-state index contributed by atoms with van der Waals surface area (Å²) in [5.74, 6) is 0.342. The summed E-state index contributed by atoms with van der Waals surface area (Å²) in [5, 5.41) is 13.9. The van der Waals surface area contributed by atoms with Crippen molar-refractivity contribution >= 4 is 0 Å². The first-order chi connectivity index (χ1) is 7.66. The number of rotatable bonds is 3. The third-order valence-electron chi connectivity index (χ3n) is 3.33. The summed E-state index contributed by atoms with van der Waals surface area (Å²) >= 11 is 0. The van der Waals surface area contributed by atoms with E-state index >= 15 is 0 Å². The molecule has 16 heavy (non-hydrogen) atoms. The lowest BCUT2D eigenvalue weighted by Gasteiger charge is -2.14. The number of aliphatic hydroxyl groups excluding tert-OH is 1. The van der Waals surface area contributed by atoms with Gasteiger partial charge in [0.05, 0.1) is 11.8 Å². The molecule has 4 heteroatoms. The zero-order valence-electron chi connectivity index (χ0n) is 9.59. The van der Waals surface area contributed by atoms with E-state index in [4.69, 9.17) is 0 Å². The molecule has 1 N–H and O–H groups in total. The lowest BCUT2D eigenvalue weighted by Crippen LogP contribution is -2.25. The van der Waals surface area contributed by atoms with Crippen molar-refractivity contribution in [2.24, 2.45) is 5.92 Å². The molecule has 1 fully saturated rings. The van der Waals surface area contributed by atoms with Crippen LogP contribution in [0.25, 0.3) is 0 Å². The second-order valence-corrected chi connectivity index (χ2v) is 4.58. The first-order valence-electron chi connectivity index (χ1n) is 5.89. The van der Waals surface area contributed by atoms with Crippen LogP contribution in [0.15, 0.2) is 16.9 Å². The summed E-state index contributed by atoms with van der Waals surface area (Å²) in [6, 6.07) is 3.27. The third kappa shape index (κ3) is 2.50. The summed E-state index contributed by atoms with van der Waals surface area (Å²) in [6.45, 7) is 2.49. The minimum atomic E-state index is -0.180. The maximum absolute atomic E-state index is 11.5. The highest BCUT2D eigenvalue weighted by Crippen LogP contribution is 2.28. The third-order valence-corrected chi connectivity index (χ3v) is 3.33. The molecule has 4 nitrogen and oxygen atoms in total. The molecule has 0 saturated heterocycles. The first kappa shape index (κ1) is 11.3. The SMILES string of the molecule is Cc1ccc(=O)n(CCC2CCCC2O)n1. The predicted octanol–water partition coefficient (Wildman–Crippen LogP) is 1.10. The minimum Gasteiger partial charge on any atom is -0.393 e. The van der Waals surface area contributed by atoms with Gasteiger partial charge in [-0.3, -0.25) is 4.79 Å². The van der Waals surface area contributed by atoms with Crippen molar-refractivity contribution in [2.75, 3.05) is 0 Å². The summed E-state index contributed by atoms with van der Waals surface area (Å²) in [7, 11) is 0. The molecule has 0 amide bonds. The molecule has 0 aliphatic heterocycles. The van der Waals surface area contributed by atoms with Gasteiger partial charge >= 0.3 is 0 Å². The molecular formula is C12H18N2O2. The fourth-order valence-corrected chi connectivity index (χ4v) is 2.35. The molecule has 1 aromatic rings. The monoisotopic (exact) mass is 222 g/mol. The second-order valence-electron chi connectivity index (χ2n) is 4.58. The van der Waals surface area contributed by atoms with Crippen LogP contribution in [-0.2, 0) is 6.54 Å². The average molecular weight is 222 g/mol. The molecule has 0 aromatic carbocycles. The molecule has 2 atom stereocenters. The number of hydrogen-bond acceptors (Lipinski definition) is 3. The molecule has 0 bridgehead atoms. The van der Waals surface area contributed by atoms with Crippen LogP contribution in [0.3, 0.4) is 0 Å². The van der Waals surface area contributed by atoms with E-state index in [2.05, 4.69) is 5.10 Å². The summed E-state index contributed by atoms with van der Waals surface area (Å²) in [4.78, 5) is 11.5. The topological polar surface area (TPSA) is 55.1 Å². The average Bonchev–Trinajstić information content (AvgIpc) is 2.66. The van der Waals surface area contributed by atoms with Gasteiger partial charge < -0.3 is 5.11 Å². The molecule has 0 spiro atoms. The molecule has 1 aromatic heterocycles. The fraction of sp³-hybridized carbons (Fsp3) is 0.667. The number of nitrogens with zero attached hydrogens (tertiary/aromatic N) is 2. The molecule has 88 valence electrons. The maximum atomic E-state index is 11.5. The van der Waals surface area contributed by atoms with Crippen LogP contribution in [0.5, 0.6) is 0 Å². The van der Waals surface area contributed by atoms with Crippen molar-refractivity contribution in [3.63, 3.8) is 0 Å². The Morgan fingerprint density at radius 1 is 1.50 bits per heavy atom. The van der Waals surface area contributed by atoms with Gasteiger partial charge in [-0.25, -0.2) is 4.68 Å². The molecule has 1 aliphatic carbocycles. The smallest absolute Gasteiger partial charge is 0.266 e. The Hall–Kier alpha value is -1.16. The highest BCUT2D eigenvalue weighted by molar-refractivity contribution is 4.97. The summed E-state index contributed by atoms with van der Waals surface area (Å²) < 4.78 is 1.50. The van der Waals surface area contributed by atoms with Gasteiger partial charge in [0.1, 0.15) is 0 Å². The molecule has 0 radical (unpaired) electrons. The van der Waals surface area contributed by atoms with E-state index in [1.807, 2.05) is 6.92 Å². The van der Waals surface area contributed by atoms with E-state index in [0.29, 0.717) is 12.5 Å². The number of aromatic nitrogens is 2. The quantitative estimate of drug-likeness (QED) is 0.833. The van der Waals surface area contributed by atoms with Gasteiger partial charge in [0.2, 0.25) is 0 Å². The number of hydrogen-bond donors (Lipinski definition) is 1. The van der Waals surface area contributed by atoms with Crippen LogP contribution in [0.2, 0.25) is 0 Å². The van der Waals surface area contributed by atoms with Crippen molar-refractivity contribution in [3.8, 4) is 0 Å². The van der Waals surface area contributed by atoms with E-state index in [1.165, 1.54) is 4.68 Å². The lowest BCUT2D eigenvalue weighted by atomic mass is 10.0. The highest BCUT2D eigenvalue weighted by Gasteiger charge is 2.24. The van der Waals surface area contributed by atoms with E-state index < -0.39 is 0 Å². The zero-order valence-corrected chi connectivity index (χ0v) is 9.59. The predicted molar refractivity (Wildman–Crippen MR) is 61.2 cm³/mol. The molecule has 1 heterocycles. The zero-order chi connectivity index (χ0) is 11.5. The Morgan fingerprint density at radius 3 is 3.00 bits per heavy atom. The van der Waals surface area contributed by atoms with Crippen LogP contribution in [0.4, 0.5) is 0 Å². The second kappa shape index (κ2) is 4.78. The van der Waals surface area contributed by atoms with Gasteiger partial charge in [0.25, 0.3) is 5.56 Å². The molecule has 2 unspecified atom stereocenters. The fourth-order valence-electron chi connectivity index (χ4n) is 2.35. The van der Waals surface area contributed by atoms with Gasteiger partial charge in [-0.2, -0.15) is 5.10 Å². The van der Waals surface area contributed by atoms with Crippen molar-refractivity contribution in [1.82, 2.24) is 9.78 Å². The van der Waals surface area contributed by atoms with Gasteiger partial charge in [0, 0.05) is 12.6 Å². The maximum Gasteiger partial charge on any atom is 0.266 e. The van der Waals surface area contributed by atoms with E-state index in [1.54, 1.807) is 12.1 Å². The first-order valence-corrected chi connectivity index (χ1v) is 5.89. The Labute approximate surface area is 94.9 Å². The standard InChI is InChI=1S/C12H18N2O2/c1-9-5-6-12(16)14(13-9)8-7-10-3-2-4-11(10)15/h5-6,10-11,15H,2-4,7-8H2,1H3. The summed E-state index contributed by atoms with van der Waals surface area (Å²) in [6.07, 6.45) is 3.74. The minimum absolute atomic E-state index is 0.0573. The van der Waals surface area contributed by atoms with Crippen LogP contribution >= 0.6 is 0 Å². The largest absolute Gasteiger partial charge is 0.393 e. The van der Waals surface area contributed by atoms with E-state index in [9.17, 15) is 9.90 Å². The Morgan fingerprint density at radius 2 is 2.31 bits per heavy atom. The van der Waals surface area contributed by atoms with Crippen LogP contribution < -0.4 is 5.56 Å². The highest BCUT2D eigenvalue weighted by atomic mass is 16.3.